The van der Waals surface area contributed by atoms with E-state index < -0.39 is 5.92 Å². The molecule has 0 unspecified atom stereocenters. The molecule has 1 aliphatic heterocycles. The van der Waals surface area contributed by atoms with Gasteiger partial charge in [-0.2, -0.15) is 5.26 Å². The first-order valence-corrected chi connectivity index (χ1v) is 8.68. The van der Waals surface area contributed by atoms with Gasteiger partial charge in [0.15, 0.2) is 0 Å². The van der Waals surface area contributed by atoms with Gasteiger partial charge >= 0.3 is 0 Å². The van der Waals surface area contributed by atoms with Crippen LogP contribution in [0.15, 0.2) is 70.5 Å². The van der Waals surface area contributed by atoms with Crippen molar-refractivity contribution in [3.63, 3.8) is 0 Å². The Bertz CT molecular complexity index is 1050. The number of benzene rings is 2. The molecular weight excluding hydrogens is 340 g/mol. The van der Waals surface area contributed by atoms with E-state index in [1.807, 2.05) is 61.5 Å². The molecule has 0 saturated heterocycles. The number of nitrogens with two attached hydrogens (primary N) is 1. The van der Waals surface area contributed by atoms with E-state index in [1.165, 1.54) is 0 Å². The Balaban J connectivity index is 1.97. The molecule has 0 saturated carbocycles. The van der Waals surface area contributed by atoms with E-state index in [1.54, 1.807) is 0 Å². The standard InChI is InChI=1S/C21H18N4O2/c1-2-26-16-11-7-6-10-14(16)17-15(12-22)20(23)24-21-18(17)19(25-27-21)13-8-4-3-5-9-13/h3-11,17,24H,2,23H2,1H3/t17-/m0/s1. The van der Waals surface area contributed by atoms with Gasteiger partial charge in [-0.3, -0.25) is 0 Å². The van der Waals surface area contributed by atoms with Crippen LogP contribution < -0.4 is 15.8 Å². The Hall–Kier alpha value is -3.72. The summed E-state index contributed by atoms with van der Waals surface area (Å²) in [6, 6.07) is 19.6. The van der Waals surface area contributed by atoms with Crippen molar-refractivity contribution in [2.75, 3.05) is 11.9 Å². The molecule has 0 spiro atoms. The van der Waals surface area contributed by atoms with Crippen molar-refractivity contribution in [3.05, 3.63) is 77.1 Å². The van der Waals surface area contributed by atoms with Gasteiger partial charge in [0.2, 0.25) is 5.88 Å². The molecule has 4 rings (SSSR count). The maximum Gasteiger partial charge on any atom is 0.235 e. The summed E-state index contributed by atoms with van der Waals surface area (Å²) in [5.41, 5.74) is 9.74. The van der Waals surface area contributed by atoms with Gasteiger partial charge in [0, 0.05) is 11.1 Å². The summed E-state index contributed by atoms with van der Waals surface area (Å²) in [6.45, 7) is 2.44. The molecule has 1 aromatic heterocycles. The van der Waals surface area contributed by atoms with Crippen molar-refractivity contribution >= 4 is 5.88 Å². The highest BCUT2D eigenvalue weighted by Gasteiger charge is 2.36. The number of nitrogens with one attached hydrogen (secondary N) is 1. The monoisotopic (exact) mass is 358 g/mol. The van der Waals surface area contributed by atoms with Crippen molar-refractivity contribution in [2.45, 2.75) is 12.8 Å². The van der Waals surface area contributed by atoms with Crippen LogP contribution in [0.25, 0.3) is 11.3 Å². The minimum Gasteiger partial charge on any atom is -0.494 e. The Morgan fingerprint density at radius 3 is 2.67 bits per heavy atom. The molecule has 1 aliphatic rings. The SMILES string of the molecule is CCOc1ccccc1[C@H]1C(C#N)=C(N)Nc2onc(-c3ccccc3)c21. The van der Waals surface area contributed by atoms with E-state index >= 15 is 0 Å². The van der Waals surface area contributed by atoms with Crippen LogP contribution in [0.1, 0.15) is 24.0 Å². The number of ether oxygens (including phenoxy) is 1. The number of hydrogen-bond donors (Lipinski definition) is 2. The quantitative estimate of drug-likeness (QED) is 0.732. The second-order valence-corrected chi connectivity index (χ2v) is 6.11. The van der Waals surface area contributed by atoms with E-state index in [0.717, 1.165) is 16.7 Å². The maximum atomic E-state index is 9.82. The predicted molar refractivity (Wildman–Crippen MR) is 102 cm³/mol. The van der Waals surface area contributed by atoms with Crippen LogP contribution in [0.4, 0.5) is 5.88 Å². The first kappa shape index (κ1) is 16.7. The lowest BCUT2D eigenvalue weighted by molar-refractivity contribution is 0.336. The van der Waals surface area contributed by atoms with Crippen LogP contribution in [0.5, 0.6) is 5.75 Å². The van der Waals surface area contributed by atoms with Crippen molar-refractivity contribution in [1.29, 1.82) is 5.26 Å². The zero-order chi connectivity index (χ0) is 18.8. The van der Waals surface area contributed by atoms with Crippen LogP contribution in [-0.2, 0) is 0 Å². The first-order chi connectivity index (χ1) is 13.2. The Morgan fingerprint density at radius 1 is 1.19 bits per heavy atom. The molecule has 134 valence electrons. The summed E-state index contributed by atoms with van der Waals surface area (Å²) >= 11 is 0. The van der Waals surface area contributed by atoms with Crippen LogP contribution in [0.2, 0.25) is 0 Å². The molecule has 27 heavy (non-hydrogen) atoms. The third-order valence-electron chi connectivity index (χ3n) is 4.54. The average Bonchev–Trinajstić information content (AvgIpc) is 3.12. The second kappa shape index (κ2) is 6.89. The zero-order valence-electron chi connectivity index (χ0n) is 14.8. The summed E-state index contributed by atoms with van der Waals surface area (Å²) in [7, 11) is 0. The molecule has 1 atom stereocenters. The summed E-state index contributed by atoms with van der Waals surface area (Å²) in [5.74, 6) is 0.979. The van der Waals surface area contributed by atoms with Crippen molar-refractivity contribution < 1.29 is 9.26 Å². The maximum absolute atomic E-state index is 9.82. The Labute approximate surface area is 156 Å². The number of para-hydroxylation sites is 1. The fourth-order valence-electron chi connectivity index (χ4n) is 3.39. The minimum absolute atomic E-state index is 0.261. The molecular formula is C21H18N4O2. The summed E-state index contributed by atoms with van der Waals surface area (Å²) in [6.07, 6.45) is 0. The van der Waals surface area contributed by atoms with Gasteiger partial charge in [-0.25, -0.2) is 0 Å². The second-order valence-electron chi connectivity index (χ2n) is 6.11. The molecule has 0 radical (unpaired) electrons. The highest BCUT2D eigenvalue weighted by Crippen LogP contribution is 2.47. The zero-order valence-corrected chi connectivity index (χ0v) is 14.8. The number of anilines is 1. The highest BCUT2D eigenvalue weighted by atomic mass is 16.5. The topological polar surface area (TPSA) is 97.1 Å². The van der Waals surface area contributed by atoms with Gasteiger partial charge < -0.3 is 20.3 Å². The Kier molecular flexibility index (Phi) is 4.27. The summed E-state index contributed by atoms with van der Waals surface area (Å²) in [4.78, 5) is 0. The van der Waals surface area contributed by atoms with Gasteiger partial charge in [-0.05, 0) is 13.0 Å². The van der Waals surface area contributed by atoms with E-state index in [4.69, 9.17) is 15.0 Å². The van der Waals surface area contributed by atoms with Gasteiger partial charge in [0.1, 0.15) is 17.3 Å². The van der Waals surface area contributed by atoms with Gasteiger partial charge in [0.25, 0.3) is 0 Å². The lowest BCUT2D eigenvalue weighted by atomic mass is 9.81. The fraction of sp³-hybridized carbons (Fsp3) is 0.143. The number of allylic oxidation sites excluding steroid dienone is 1. The molecule has 0 amide bonds. The summed E-state index contributed by atoms with van der Waals surface area (Å²) < 4.78 is 11.3. The van der Waals surface area contributed by atoms with Crippen LogP contribution >= 0.6 is 0 Å². The lowest BCUT2D eigenvalue weighted by Gasteiger charge is -2.25. The average molecular weight is 358 g/mol. The molecule has 2 aromatic carbocycles. The molecule has 2 heterocycles. The number of rotatable bonds is 4. The van der Waals surface area contributed by atoms with E-state index in [0.29, 0.717) is 29.5 Å². The third kappa shape index (κ3) is 2.79. The number of fused-ring (bicyclic) bond motifs is 1. The third-order valence-corrected chi connectivity index (χ3v) is 4.54. The van der Waals surface area contributed by atoms with Crippen molar-refractivity contribution in [2.24, 2.45) is 5.73 Å². The first-order valence-electron chi connectivity index (χ1n) is 8.68. The predicted octanol–water partition coefficient (Wildman–Crippen LogP) is 3.99. The van der Waals surface area contributed by atoms with Crippen molar-refractivity contribution in [1.82, 2.24) is 5.16 Å². The number of nitrogens with zero attached hydrogens (tertiary/aromatic N) is 2. The minimum atomic E-state index is -0.435. The van der Waals surface area contributed by atoms with Gasteiger partial charge in [-0.15, -0.1) is 0 Å². The van der Waals surface area contributed by atoms with Crippen LogP contribution in [-0.4, -0.2) is 11.8 Å². The smallest absolute Gasteiger partial charge is 0.235 e. The van der Waals surface area contributed by atoms with Gasteiger partial charge in [0.05, 0.1) is 29.7 Å². The number of hydrogen-bond acceptors (Lipinski definition) is 6. The molecule has 3 aromatic rings. The van der Waals surface area contributed by atoms with E-state index in [-0.39, 0.29) is 5.82 Å². The molecule has 0 aliphatic carbocycles. The molecule has 6 nitrogen and oxygen atoms in total. The number of nitriles is 1. The van der Waals surface area contributed by atoms with E-state index in [9.17, 15) is 5.26 Å². The number of aromatic nitrogens is 1. The lowest BCUT2D eigenvalue weighted by Crippen LogP contribution is -2.23. The Morgan fingerprint density at radius 2 is 1.93 bits per heavy atom. The summed E-state index contributed by atoms with van der Waals surface area (Å²) in [5, 5.41) is 17.0. The highest BCUT2D eigenvalue weighted by molar-refractivity contribution is 5.76. The van der Waals surface area contributed by atoms with Crippen LogP contribution in [0, 0.1) is 11.3 Å². The fourth-order valence-corrected chi connectivity index (χ4v) is 3.39. The largest absolute Gasteiger partial charge is 0.494 e. The molecule has 3 N–H and O–H groups in total. The van der Waals surface area contributed by atoms with E-state index in [2.05, 4.69) is 16.5 Å². The van der Waals surface area contributed by atoms with Crippen LogP contribution in [0.3, 0.4) is 0 Å². The normalized spacial score (nSPS) is 15.6. The molecule has 0 fully saturated rings. The molecule has 6 heteroatoms. The van der Waals surface area contributed by atoms with Gasteiger partial charge in [-0.1, -0.05) is 53.7 Å². The van der Waals surface area contributed by atoms with Crippen molar-refractivity contribution in [3.8, 4) is 23.1 Å². The molecule has 0 bridgehead atoms.